The van der Waals surface area contributed by atoms with Crippen LogP contribution < -0.4 is 0 Å². The third-order valence-electron chi connectivity index (χ3n) is 16.7. The van der Waals surface area contributed by atoms with Crippen molar-refractivity contribution < 1.29 is 42.1 Å². The Hall–Kier alpha value is -3.85. The molecular formula is C84H147NO8P+. The molecule has 0 aromatic carbocycles. The number of ether oxygens (including phenoxy) is 2. The first-order chi connectivity index (χ1) is 46.0. The Morgan fingerprint density at radius 1 is 0.340 bits per heavy atom. The van der Waals surface area contributed by atoms with Crippen LogP contribution in [0.3, 0.4) is 0 Å². The maximum absolute atomic E-state index is 12.9. The molecule has 0 aliphatic carbocycles. The van der Waals surface area contributed by atoms with Crippen LogP contribution in [0.1, 0.15) is 335 Å². The van der Waals surface area contributed by atoms with E-state index in [1.54, 1.807) is 0 Å². The number of quaternary nitrogens is 1. The molecule has 0 saturated heterocycles. The number of carbonyl (C=O) groups is 2. The zero-order valence-electron chi connectivity index (χ0n) is 61.7. The number of nitrogens with zero attached hydrogens (tertiary/aromatic N) is 1. The monoisotopic (exact) mass is 1330 g/mol. The minimum Gasteiger partial charge on any atom is -0.462 e. The normalized spacial score (nSPS) is 13.8. The molecule has 2 unspecified atom stereocenters. The Morgan fingerprint density at radius 3 is 0.915 bits per heavy atom. The molecule has 0 rings (SSSR count). The summed E-state index contributed by atoms with van der Waals surface area (Å²) in [5, 5.41) is 0. The van der Waals surface area contributed by atoms with Gasteiger partial charge in [-0.25, -0.2) is 4.57 Å². The molecule has 0 fully saturated rings. The summed E-state index contributed by atoms with van der Waals surface area (Å²) in [6, 6.07) is 0. The summed E-state index contributed by atoms with van der Waals surface area (Å²) in [6.07, 6.45) is 107. The smallest absolute Gasteiger partial charge is 0.462 e. The van der Waals surface area contributed by atoms with Crippen LogP contribution in [0, 0.1) is 0 Å². The van der Waals surface area contributed by atoms with E-state index >= 15 is 0 Å². The lowest BCUT2D eigenvalue weighted by atomic mass is 10.0. The fourth-order valence-corrected chi connectivity index (χ4v) is 11.5. The Balaban J connectivity index is 4.04. The molecule has 0 spiro atoms. The van der Waals surface area contributed by atoms with E-state index in [0.717, 1.165) is 109 Å². The molecule has 0 heterocycles. The highest BCUT2D eigenvalue weighted by Crippen LogP contribution is 2.43. The molecule has 0 amide bonds. The second-order valence-electron chi connectivity index (χ2n) is 27.0. The van der Waals surface area contributed by atoms with Gasteiger partial charge in [-0.2, -0.15) is 0 Å². The molecule has 0 bridgehead atoms. The Morgan fingerprint density at radius 2 is 0.606 bits per heavy atom. The lowest BCUT2D eigenvalue weighted by Gasteiger charge is -2.24. The Kier molecular flexibility index (Phi) is 70.4. The summed E-state index contributed by atoms with van der Waals surface area (Å²) in [5.41, 5.74) is 0. The van der Waals surface area contributed by atoms with Crippen molar-refractivity contribution in [2.45, 2.75) is 341 Å². The second-order valence-corrected chi connectivity index (χ2v) is 28.5. The summed E-state index contributed by atoms with van der Waals surface area (Å²) >= 11 is 0. The van der Waals surface area contributed by atoms with Crippen LogP contribution in [0.5, 0.6) is 0 Å². The molecule has 0 saturated carbocycles. The first-order valence-electron chi connectivity index (χ1n) is 38.9. The standard InChI is InChI=1S/C84H146NO8P/c1-6-8-10-12-14-16-18-20-22-24-26-28-30-32-34-36-37-38-39-40-41-42-43-44-45-46-47-49-51-53-55-57-59-61-63-65-67-69-71-73-75-77-84(87)93-82(81-92-94(88,89)91-79-78-85(3,4)5)80-90-83(86)76-74-72-70-68-66-64-62-60-58-56-54-52-50-48-35-33-31-29-27-25-23-21-19-17-15-13-11-9-7-2/h8,10,14,16,20,22,25-28,32,34,37-38,40-41,43-44,46-47,51,53,82H,6-7,9,11-13,15,17-19,21,23-24,29-31,33,35-36,39,42,45,48-50,52,54-81H2,1-5H3/p+1/b10-8-,16-14-,22-20-,27-25-,28-26-,34-32-,38-37-,41-40-,44-43-,47-46-,53-51-. The number of likely N-dealkylation sites (N-methyl/N-ethyl adjacent to an activating group) is 1. The van der Waals surface area contributed by atoms with Crippen molar-refractivity contribution in [2.24, 2.45) is 0 Å². The molecule has 2 atom stereocenters. The molecule has 1 N–H and O–H groups in total. The second kappa shape index (κ2) is 73.4. The van der Waals surface area contributed by atoms with Crippen molar-refractivity contribution >= 4 is 19.8 Å². The molecule has 0 aromatic rings. The van der Waals surface area contributed by atoms with Gasteiger partial charge in [0.05, 0.1) is 27.7 Å². The molecule has 0 radical (unpaired) electrons. The minimum absolute atomic E-state index is 0.0268. The molecule has 540 valence electrons. The summed E-state index contributed by atoms with van der Waals surface area (Å²) < 4.78 is 34.8. The fourth-order valence-electron chi connectivity index (χ4n) is 10.7. The third kappa shape index (κ3) is 77.2. The minimum atomic E-state index is -4.40. The fraction of sp³-hybridized carbons (Fsp3) is 0.714. The predicted molar refractivity (Wildman–Crippen MR) is 408 cm³/mol. The van der Waals surface area contributed by atoms with Gasteiger partial charge in [0, 0.05) is 12.8 Å². The number of rotatable bonds is 71. The molecule has 94 heavy (non-hydrogen) atoms. The Bertz CT molecular complexity index is 2050. The van der Waals surface area contributed by atoms with Crippen LogP contribution in [0.2, 0.25) is 0 Å². The van der Waals surface area contributed by atoms with E-state index < -0.39 is 26.5 Å². The van der Waals surface area contributed by atoms with Crippen LogP contribution in [0.4, 0.5) is 0 Å². The highest BCUT2D eigenvalue weighted by molar-refractivity contribution is 7.47. The van der Waals surface area contributed by atoms with E-state index in [-0.39, 0.29) is 32.0 Å². The first kappa shape index (κ1) is 90.2. The maximum Gasteiger partial charge on any atom is 0.472 e. The summed E-state index contributed by atoms with van der Waals surface area (Å²) in [7, 11) is 1.47. The number of allylic oxidation sites excluding steroid dienone is 22. The van der Waals surface area contributed by atoms with Gasteiger partial charge in [-0.05, 0) is 116 Å². The number of hydrogen-bond acceptors (Lipinski definition) is 7. The molecule has 10 heteroatoms. The Labute approximate surface area is 581 Å². The van der Waals surface area contributed by atoms with E-state index in [0.29, 0.717) is 17.4 Å². The van der Waals surface area contributed by atoms with Crippen LogP contribution >= 0.6 is 7.82 Å². The van der Waals surface area contributed by atoms with Gasteiger partial charge in [0.25, 0.3) is 0 Å². The van der Waals surface area contributed by atoms with Gasteiger partial charge in [-0.1, -0.05) is 340 Å². The number of carbonyl (C=O) groups excluding carboxylic acids is 2. The van der Waals surface area contributed by atoms with E-state index in [1.165, 1.54) is 193 Å². The number of phosphoric ester groups is 1. The largest absolute Gasteiger partial charge is 0.472 e. The van der Waals surface area contributed by atoms with Crippen molar-refractivity contribution in [3.8, 4) is 0 Å². The molecule has 0 aliphatic heterocycles. The van der Waals surface area contributed by atoms with E-state index in [4.69, 9.17) is 18.5 Å². The lowest BCUT2D eigenvalue weighted by molar-refractivity contribution is -0.870. The summed E-state index contributed by atoms with van der Waals surface area (Å²) in [6.45, 7) is 4.34. The van der Waals surface area contributed by atoms with Gasteiger partial charge in [0.15, 0.2) is 6.10 Å². The summed E-state index contributed by atoms with van der Waals surface area (Å²) in [5.74, 6) is -0.796. The van der Waals surface area contributed by atoms with Gasteiger partial charge >= 0.3 is 19.8 Å². The van der Waals surface area contributed by atoms with Crippen molar-refractivity contribution in [1.29, 1.82) is 0 Å². The molecular weight excluding hydrogens is 1180 g/mol. The van der Waals surface area contributed by atoms with Gasteiger partial charge in [0.2, 0.25) is 0 Å². The quantitative estimate of drug-likeness (QED) is 0.0211. The van der Waals surface area contributed by atoms with Gasteiger partial charge in [-0.15, -0.1) is 0 Å². The molecule has 0 aliphatic rings. The number of unbranched alkanes of at least 4 members (excludes halogenated alkanes) is 35. The van der Waals surface area contributed by atoms with Gasteiger partial charge in [0.1, 0.15) is 19.8 Å². The van der Waals surface area contributed by atoms with Crippen molar-refractivity contribution in [1.82, 2.24) is 0 Å². The van der Waals surface area contributed by atoms with Crippen LogP contribution in [0.15, 0.2) is 134 Å². The van der Waals surface area contributed by atoms with Crippen LogP contribution in [-0.2, 0) is 32.7 Å². The highest BCUT2D eigenvalue weighted by atomic mass is 31.2. The van der Waals surface area contributed by atoms with Crippen molar-refractivity contribution in [3.05, 3.63) is 134 Å². The van der Waals surface area contributed by atoms with Crippen LogP contribution in [0.25, 0.3) is 0 Å². The maximum atomic E-state index is 12.9. The topological polar surface area (TPSA) is 108 Å². The lowest BCUT2D eigenvalue weighted by Crippen LogP contribution is -2.37. The van der Waals surface area contributed by atoms with Crippen molar-refractivity contribution in [2.75, 3.05) is 47.5 Å². The summed E-state index contributed by atoms with van der Waals surface area (Å²) in [4.78, 5) is 36.0. The van der Waals surface area contributed by atoms with Crippen molar-refractivity contribution in [3.63, 3.8) is 0 Å². The van der Waals surface area contributed by atoms with E-state index in [1.807, 2.05) is 21.1 Å². The average molecular weight is 1330 g/mol. The zero-order valence-corrected chi connectivity index (χ0v) is 62.6. The molecule has 0 aromatic heterocycles. The zero-order chi connectivity index (χ0) is 68.3. The average Bonchev–Trinajstić information content (AvgIpc) is 1.57. The number of phosphoric acid groups is 1. The van der Waals surface area contributed by atoms with E-state index in [2.05, 4.69) is 148 Å². The molecule has 9 nitrogen and oxygen atoms in total. The third-order valence-corrected chi connectivity index (χ3v) is 17.6. The number of esters is 2. The number of hydrogen-bond donors (Lipinski definition) is 1. The van der Waals surface area contributed by atoms with Gasteiger partial charge < -0.3 is 18.9 Å². The highest BCUT2D eigenvalue weighted by Gasteiger charge is 2.27. The van der Waals surface area contributed by atoms with E-state index in [9.17, 15) is 19.0 Å². The SMILES string of the molecule is CC/C=C\C/C=C\C/C=C\C/C=C\C/C=C\C/C=C\C/C=C\C/C=C\C/C=C\C/C=C\CCCCCCCCCCCCC(=O)OC(COC(=O)CCCCCCCCCCCCCCCCCCC/C=C\CCCCCCCCCC)COP(=O)(O)OCC[N+](C)(C)C. The van der Waals surface area contributed by atoms with Crippen LogP contribution in [-0.4, -0.2) is 74.9 Å². The van der Waals surface area contributed by atoms with Gasteiger partial charge in [-0.3, -0.25) is 18.6 Å². The first-order valence-corrected chi connectivity index (χ1v) is 40.4. The predicted octanol–water partition coefficient (Wildman–Crippen LogP) is 25.9.